The average Bonchev–Trinajstić information content (AvgIpc) is 2.17. The second kappa shape index (κ2) is 5.75. The lowest BCUT2D eigenvalue weighted by Gasteiger charge is -2.10. The molecule has 0 aliphatic heterocycles. The fourth-order valence-electron chi connectivity index (χ4n) is 1.22. The van der Waals surface area contributed by atoms with Gasteiger partial charge in [0.15, 0.2) is 0 Å². The third kappa shape index (κ3) is 4.34. The third-order valence-corrected chi connectivity index (χ3v) is 2.89. The van der Waals surface area contributed by atoms with Gasteiger partial charge < -0.3 is 10.4 Å². The predicted molar refractivity (Wildman–Crippen MR) is 63.2 cm³/mol. The van der Waals surface area contributed by atoms with Gasteiger partial charge in [-0.3, -0.25) is 4.79 Å². The number of benzene rings is 1. The van der Waals surface area contributed by atoms with E-state index < -0.39 is 0 Å². The number of alkyl halides is 1. The molecule has 1 unspecified atom stereocenters. The van der Waals surface area contributed by atoms with E-state index in [1.54, 1.807) is 18.2 Å². The Bertz CT molecular complexity index is 341. The van der Waals surface area contributed by atoms with Gasteiger partial charge in [0.2, 0.25) is 5.91 Å². The van der Waals surface area contributed by atoms with E-state index in [0.717, 1.165) is 10.9 Å². The van der Waals surface area contributed by atoms with Crippen LogP contribution >= 0.6 is 15.9 Å². The Morgan fingerprint density at radius 1 is 1.60 bits per heavy atom. The summed E-state index contributed by atoms with van der Waals surface area (Å²) in [5.74, 6) is 0.154. The number of aromatic hydroxyl groups is 1. The van der Waals surface area contributed by atoms with Crippen LogP contribution in [0.15, 0.2) is 24.3 Å². The number of carbonyl (C=O) groups excluding carboxylic acids is 1. The Balaban J connectivity index is 2.51. The van der Waals surface area contributed by atoms with E-state index in [1.807, 2.05) is 13.0 Å². The molecule has 4 heteroatoms. The van der Waals surface area contributed by atoms with Gasteiger partial charge in [-0.1, -0.05) is 28.1 Å². The molecule has 0 radical (unpaired) electrons. The Morgan fingerprint density at radius 2 is 2.33 bits per heavy atom. The van der Waals surface area contributed by atoms with Gasteiger partial charge in [-0.25, -0.2) is 0 Å². The van der Waals surface area contributed by atoms with Gasteiger partial charge in [0.05, 0.1) is 6.42 Å². The Kier molecular flexibility index (Phi) is 4.62. The molecule has 0 saturated heterocycles. The van der Waals surface area contributed by atoms with E-state index >= 15 is 0 Å². The lowest BCUT2D eigenvalue weighted by Crippen LogP contribution is -2.34. The molecule has 1 aromatic carbocycles. The number of rotatable bonds is 4. The van der Waals surface area contributed by atoms with Crippen LogP contribution in [0.4, 0.5) is 0 Å². The lowest BCUT2D eigenvalue weighted by molar-refractivity contribution is -0.120. The minimum absolute atomic E-state index is 0.0347. The van der Waals surface area contributed by atoms with Crippen LogP contribution in [0.1, 0.15) is 12.5 Å². The van der Waals surface area contributed by atoms with Crippen LogP contribution in [0.5, 0.6) is 5.75 Å². The number of phenolic OH excluding ortho intramolecular Hbond substituents is 1. The maximum atomic E-state index is 11.5. The summed E-state index contributed by atoms with van der Waals surface area (Å²) < 4.78 is 0. The van der Waals surface area contributed by atoms with E-state index in [2.05, 4.69) is 21.2 Å². The summed E-state index contributed by atoms with van der Waals surface area (Å²) in [6.07, 6.45) is 0.297. The monoisotopic (exact) mass is 271 g/mol. The molecule has 82 valence electrons. The first-order valence-corrected chi connectivity index (χ1v) is 5.87. The van der Waals surface area contributed by atoms with Crippen molar-refractivity contribution in [3.63, 3.8) is 0 Å². The van der Waals surface area contributed by atoms with E-state index in [4.69, 9.17) is 0 Å². The number of carbonyl (C=O) groups is 1. The molecule has 0 aliphatic rings. The predicted octanol–water partition coefficient (Wildman–Crippen LogP) is 1.83. The topological polar surface area (TPSA) is 49.3 Å². The Morgan fingerprint density at radius 3 is 2.93 bits per heavy atom. The molecule has 2 N–H and O–H groups in total. The number of amides is 1. The van der Waals surface area contributed by atoms with Gasteiger partial charge in [0.1, 0.15) is 5.75 Å². The van der Waals surface area contributed by atoms with Gasteiger partial charge >= 0.3 is 0 Å². The van der Waals surface area contributed by atoms with Crippen LogP contribution in [-0.4, -0.2) is 22.4 Å². The highest BCUT2D eigenvalue weighted by atomic mass is 79.9. The smallest absolute Gasteiger partial charge is 0.224 e. The van der Waals surface area contributed by atoms with E-state index in [0.29, 0.717) is 6.42 Å². The molecule has 1 amide bonds. The van der Waals surface area contributed by atoms with Crippen LogP contribution in [-0.2, 0) is 11.2 Å². The summed E-state index contributed by atoms with van der Waals surface area (Å²) >= 11 is 3.29. The highest BCUT2D eigenvalue weighted by molar-refractivity contribution is 9.09. The fraction of sp³-hybridized carbons (Fsp3) is 0.364. The largest absolute Gasteiger partial charge is 0.508 e. The first-order valence-electron chi connectivity index (χ1n) is 4.75. The molecule has 1 atom stereocenters. The lowest BCUT2D eigenvalue weighted by atomic mass is 10.1. The fourth-order valence-corrected chi connectivity index (χ4v) is 1.38. The van der Waals surface area contributed by atoms with Crippen molar-refractivity contribution in [3.05, 3.63) is 29.8 Å². The van der Waals surface area contributed by atoms with Crippen LogP contribution in [0.25, 0.3) is 0 Å². The molecule has 0 spiro atoms. The van der Waals surface area contributed by atoms with Crippen LogP contribution in [0, 0.1) is 0 Å². The highest BCUT2D eigenvalue weighted by Gasteiger charge is 2.06. The zero-order valence-corrected chi connectivity index (χ0v) is 10.1. The van der Waals surface area contributed by atoms with E-state index in [1.165, 1.54) is 0 Å². The van der Waals surface area contributed by atoms with Crippen molar-refractivity contribution in [1.29, 1.82) is 0 Å². The molecule has 0 aliphatic carbocycles. The third-order valence-electron chi connectivity index (χ3n) is 1.91. The average molecular weight is 272 g/mol. The van der Waals surface area contributed by atoms with E-state index in [-0.39, 0.29) is 17.7 Å². The molecule has 0 aromatic heterocycles. The summed E-state index contributed by atoms with van der Waals surface area (Å²) in [5.41, 5.74) is 0.814. The normalized spacial score (nSPS) is 12.1. The summed E-state index contributed by atoms with van der Waals surface area (Å²) in [7, 11) is 0. The zero-order chi connectivity index (χ0) is 11.3. The number of hydrogen-bond donors (Lipinski definition) is 2. The quantitative estimate of drug-likeness (QED) is 0.821. The number of halogens is 1. The van der Waals surface area contributed by atoms with Gasteiger partial charge in [0.25, 0.3) is 0 Å². The minimum atomic E-state index is -0.0347. The highest BCUT2D eigenvalue weighted by Crippen LogP contribution is 2.11. The summed E-state index contributed by atoms with van der Waals surface area (Å²) in [6.45, 7) is 1.93. The van der Waals surface area contributed by atoms with E-state index in [9.17, 15) is 9.90 Å². The molecule has 0 heterocycles. The van der Waals surface area contributed by atoms with Crippen molar-refractivity contribution >= 4 is 21.8 Å². The van der Waals surface area contributed by atoms with Crippen molar-refractivity contribution in [2.45, 2.75) is 19.4 Å². The van der Waals surface area contributed by atoms with Crippen LogP contribution < -0.4 is 5.32 Å². The molecule has 0 bridgehead atoms. The van der Waals surface area contributed by atoms with Crippen molar-refractivity contribution in [1.82, 2.24) is 5.32 Å². The van der Waals surface area contributed by atoms with Crippen LogP contribution in [0.3, 0.4) is 0 Å². The maximum absolute atomic E-state index is 11.5. The second-order valence-electron chi connectivity index (χ2n) is 3.47. The number of hydrogen-bond acceptors (Lipinski definition) is 2. The second-order valence-corrected chi connectivity index (χ2v) is 4.12. The van der Waals surface area contributed by atoms with Crippen molar-refractivity contribution < 1.29 is 9.90 Å². The van der Waals surface area contributed by atoms with Crippen molar-refractivity contribution in [3.8, 4) is 5.75 Å². The molecular formula is C11H14BrNO2. The Labute approximate surface area is 97.6 Å². The molecule has 0 saturated carbocycles. The molecule has 15 heavy (non-hydrogen) atoms. The zero-order valence-electron chi connectivity index (χ0n) is 8.53. The number of phenols is 1. The van der Waals surface area contributed by atoms with Gasteiger partial charge in [0, 0.05) is 11.4 Å². The van der Waals surface area contributed by atoms with Gasteiger partial charge in [-0.15, -0.1) is 0 Å². The van der Waals surface area contributed by atoms with Gasteiger partial charge in [-0.05, 0) is 24.6 Å². The minimum Gasteiger partial charge on any atom is -0.508 e. The molecular weight excluding hydrogens is 258 g/mol. The maximum Gasteiger partial charge on any atom is 0.224 e. The first kappa shape index (κ1) is 12.0. The SMILES string of the molecule is CC(CBr)NC(=O)Cc1cccc(O)c1. The standard InChI is InChI=1S/C11H14BrNO2/c1-8(7-12)13-11(15)6-9-3-2-4-10(14)5-9/h2-5,8,14H,6-7H2,1H3,(H,13,15). The molecule has 3 nitrogen and oxygen atoms in total. The van der Waals surface area contributed by atoms with Crippen LogP contribution in [0.2, 0.25) is 0 Å². The molecule has 1 rings (SSSR count). The van der Waals surface area contributed by atoms with Crippen molar-refractivity contribution in [2.24, 2.45) is 0 Å². The first-order chi connectivity index (χ1) is 7.11. The van der Waals surface area contributed by atoms with Crippen molar-refractivity contribution in [2.75, 3.05) is 5.33 Å². The Hall–Kier alpha value is -1.03. The number of nitrogens with one attached hydrogen (secondary N) is 1. The molecule has 0 fully saturated rings. The summed E-state index contributed by atoms with van der Waals surface area (Å²) in [4.78, 5) is 11.5. The summed E-state index contributed by atoms with van der Waals surface area (Å²) in [5, 5.41) is 12.8. The van der Waals surface area contributed by atoms with Gasteiger partial charge in [-0.2, -0.15) is 0 Å². The molecule has 1 aromatic rings. The summed E-state index contributed by atoms with van der Waals surface area (Å²) in [6, 6.07) is 6.85.